The second-order valence-corrected chi connectivity index (χ2v) is 9.82. The molecule has 0 fully saturated rings. The average molecular weight is 479 g/mol. The van der Waals surface area contributed by atoms with Crippen LogP contribution in [0.3, 0.4) is 0 Å². The number of non-ortho nitro benzene ring substituents is 1. The number of anilines is 1. The van der Waals surface area contributed by atoms with Crippen LogP contribution in [0.4, 0.5) is 11.4 Å². The monoisotopic (exact) mass is 478 g/mol. The zero-order chi connectivity index (χ0) is 25.0. The average Bonchev–Trinajstić information content (AvgIpc) is 2.68. The van der Waals surface area contributed by atoms with E-state index in [0.29, 0.717) is 0 Å². The number of carbonyl (C=O) groups is 2. The van der Waals surface area contributed by atoms with E-state index < -0.39 is 49.0 Å². The fourth-order valence-electron chi connectivity index (χ4n) is 2.88. The fourth-order valence-corrected chi connectivity index (χ4v) is 4.20. The van der Waals surface area contributed by atoms with Crippen molar-refractivity contribution in [3.8, 4) is 0 Å². The molecule has 0 aliphatic rings. The lowest BCUT2D eigenvalue weighted by atomic mass is 9.98. The quantitative estimate of drug-likeness (QED) is 0.262. The second kappa shape index (κ2) is 9.99. The topological polar surface area (TPSA) is 142 Å². The van der Waals surface area contributed by atoms with Crippen molar-refractivity contribution in [2.75, 3.05) is 11.3 Å². The van der Waals surface area contributed by atoms with Gasteiger partial charge in [-0.05, 0) is 58.4 Å². The van der Waals surface area contributed by atoms with Crippen molar-refractivity contribution < 1.29 is 32.4 Å². The number of hydrogen-bond acceptors (Lipinski definition) is 8. The molecular formula is C22H26N2O8S. The second-order valence-electron chi connectivity index (χ2n) is 8.17. The maximum Gasteiger partial charge on any atom is 0.325 e. The van der Waals surface area contributed by atoms with Crippen molar-refractivity contribution in [3.05, 3.63) is 63.7 Å². The molecule has 178 valence electrons. The van der Waals surface area contributed by atoms with Crippen LogP contribution in [0.2, 0.25) is 0 Å². The Kier molecular flexibility index (Phi) is 7.80. The molecule has 0 aromatic heterocycles. The van der Waals surface area contributed by atoms with E-state index in [9.17, 15) is 28.1 Å². The number of nitrogens with one attached hydrogen (secondary N) is 1. The highest BCUT2D eigenvalue weighted by Crippen LogP contribution is 2.32. The number of nitrogens with zero attached hydrogens (tertiary/aromatic N) is 1. The molecule has 2 aromatic carbocycles. The predicted octanol–water partition coefficient (Wildman–Crippen LogP) is 3.69. The highest BCUT2D eigenvalue weighted by Gasteiger charge is 2.39. The molecule has 1 N–H and O–H groups in total. The molecule has 2 aromatic rings. The number of benzene rings is 2. The summed E-state index contributed by atoms with van der Waals surface area (Å²) >= 11 is 0. The summed E-state index contributed by atoms with van der Waals surface area (Å²) in [5, 5.41) is 11.3. The summed E-state index contributed by atoms with van der Waals surface area (Å²) in [5.41, 5.74) is -0.728. The molecule has 1 atom stereocenters. The van der Waals surface area contributed by atoms with Crippen molar-refractivity contribution in [1.82, 2.24) is 0 Å². The van der Waals surface area contributed by atoms with Gasteiger partial charge in [-0.15, -0.1) is 0 Å². The highest BCUT2D eigenvalue weighted by atomic mass is 32.2. The van der Waals surface area contributed by atoms with E-state index in [1.165, 1.54) is 19.1 Å². The number of esters is 2. The van der Waals surface area contributed by atoms with Gasteiger partial charge in [-0.25, -0.2) is 8.42 Å². The molecule has 0 spiro atoms. The summed E-state index contributed by atoms with van der Waals surface area (Å²) < 4.78 is 39.1. The van der Waals surface area contributed by atoms with Crippen LogP contribution in [0.1, 0.15) is 44.7 Å². The van der Waals surface area contributed by atoms with Gasteiger partial charge in [-0.2, -0.15) is 0 Å². The Morgan fingerprint density at radius 1 is 1.09 bits per heavy atom. The summed E-state index contributed by atoms with van der Waals surface area (Å²) in [7, 11) is -4.45. The van der Waals surface area contributed by atoms with Gasteiger partial charge in [0.15, 0.2) is 5.92 Å². The Labute approximate surface area is 192 Å². The van der Waals surface area contributed by atoms with Crippen LogP contribution in [0.5, 0.6) is 0 Å². The van der Waals surface area contributed by atoms with Crippen LogP contribution < -0.4 is 4.72 Å². The summed E-state index contributed by atoms with van der Waals surface area (Å²) in [6.45, 7) is 8.02. The maximum absolute atomic E-state index is 13.2. The van der Waals surface area contributed by atoms with E-state index in [0.717, 1.165) is 23.8 Å². The van der Waals surface area contributed by atoms with E-state index in [-0.39, 0.29) is 17.9 Å². The number of aryl methyl sites for hydroxylation is 1. The van der Waals surface area contributed by atoms with Gasteiger partial charge < -0.3 is 9.47 Å². The number of hydrogen-bond donors (Lipinski definition) is 1. The molecule has 1 unspecified atom stereocenters. The minimum Gasteiger partial charge on any atom is -0.465 e. The van der Waals surface area contributed by atoms with Gasteiger partial charge in [0.2, 0.25) is 0 Å². The molecule has 2 rings (SSSR count). The van der Waals surface area contributed by atoms with E-state index in [1.54, 1.807) is 32.9 Å². The predicted molar refractivity (Wildman–Crippen MR) is 120 cm³/mol. The van der Waals surface area contributed by atoms with Crippen LogP contribution in [0, 0.1) is 17.0 Å². The largest absolute Gasteiger partial charge is 0.465 e. The van der Waals surface area contributed by atoms with Crippen LogP contribution in [-0.4, -0.2) is 37.5 Å². The first kappa shape index (κ1) is 25.8. The number of ether oxygens (including phenoxy) is 2. The Morgan fingerprint density at radius 3 is 2.21 bits per heavy atom. The molecule has 0 aliphatic carbocycles. The van der Waals surface area contributed by atoms with E-state index in [1.807, 2.05) is 6.92 Å². The lowest BCUT2D eigenvalue weighted by molar-refractivity contribution is -0.385. The number of nitro benzene ring substituents is 1. The molecule has 0 amide bonds. The Bertz CT molecular complexity index is 1150. The SMILES string of the molecule is CCOC(=O)C(C(=O)OC(C)(C)C)c1ccc([N+](=O)[O-])cc1S(=O)(=O)Nc1ccc(C)cc1. The molecule has 0 aliphatic heterocycles. The third kappa shape index (κ3) is 6.75. The van der Waals surface area contributed by atoms with Crippen molar-refractivity contribution in [3.63, 3.8) is 0 Å². The highest BCUT2D eigenvalue weighted by molar-refractivity contribution is 7.92. The molecule has 33 heavy (non-hydrogen) atoms. The molecule has 11 heteroatoms. The van der Waals surface area contributed by atoms with Crippen LogP contribution in [-0.2, 0) is 29.1 Å². The lowest BCUT2D eigenvalue weighted by Crippen LogP contribution is -2.33. The van der Waals surface area contributed by atoms with Crippen LogP contribution in [0.25, 0.3) is 0 Å². The number of carbonyl (C=O) groups excluding carboxylic acids is 2. The van der Waals surface area contributed by atoms with Gasteiger partial charge in [0.05, 0.1) is 16.4 Å². The summed E-state index contributed by atoms with van der Waals surface area (Å²) in [4.78, 5) is 35.5. The van der Waals surface area contributed by atoms with Crippen molar-refractivity contribution in [2.24, 2.45) is 0 Å². The van der Waals surface area contributed by atoms with Crippen LogP contribution in [0.15, 0.2) is 47.4 Å². The molecule has 0 saturated heterocycles. The minimum atomic E-state index is -4.45. The zero-order valence-electron chi connectivity index (χ0n) is 18.9. The minimum absolute atomic E-state index is 0.0746. The van der Waals surface area contributed by atoms with E-state index >= 15 is 0 Å². The first-order chi connectivity index (χ1) is 15.2. The lowest BCUT2D eigenvalue weighted by Gasteiger charge is -2.24. The van der Waals surface area contributed by atoms with Gasteiger partial charge in [-0.1, -0.05) is 17.7 Å². The summed E-state index contributed by atoms with van der Waals surface area (Å²) in [6, 6.07) is 9.23. The van der Waals surface area contributed by atoms with Gasteiger partial charge in [-0.3, -0.25) is 24.4 Å². The van der Waals surface area contributed by atoms with Crippen molar-refractivity contribution in [1.29, 1.82) is 0 Å². The summed E-state index contributed by atoms with van der Waals surface area (Å²) in [6.07, 6.45) is 0. The van der Waals surface area contributed by atoms with Gasteiger partial charge in [0, 0.05) is 17.8 Å². The van der Waals surface area contributed by atoms with Gasteiger partial charge in [0.25, 0.3) is 15.7 Å². The van der Waals surface area contributed by atoms with E-state index in [2.05, 4.69) is 4.72 Å². The third-order valence-corrected chi connectivity index (χ3v) is 5.71. The summed E-state index contributed by atoms with van der Waals surface area (Å²) in [5.74, 6) is -3.84. The molecule has 0 bridgehead atoms. The molecule has 0 radical (unpaired) electrons. The van der Waals surface area contributed by atoms with Gasteiger partial charge in [0.1, 0.15) is 5.60 Å². The first-order valence-corrected chi connectivity index (χ1v) is 11.5. The van der Waals surface area contributed by atoms with Crippen molar-refractivity contribution >= 4 is 33.3 Å². The Morgan fingerprint density at radius 2 is 1.70 bits per heavy atom. The number of nitro groups is 1. The number of sulfonamides is 1. The molecular weight excluding hydrogens is 452 g/mol. The number of rotatable bonds is 8. The third-order valence-electron chi connectivity index (χ3n) is 4.28. The Balaban J connectivity index is 2.68. The van der Waals surface area contributed by atoms with Crippen LogP contribution >= 0.6 is 0 Å². The van der Waals surface area contributed by atoms with Gasteiger partial charge >= 0.3 is 11.9 Å². The van der Waals surface area contributed by atoms with Crippen molar-refractivity contribution in [2.45, 2.75) is 51.0 Å². The molecule has 10 nitrogen and oxygen atoms in total. The maximum atomic E-state index is 13.2. The van der Waals surface area contributed by atoms with E-state index in [4.69, 9.17) is 9.47 Å². The molecule has 0 heterocycles. The Hall–Kier alpha value is -3.47. The fraction of sp³-hybridized carbons (Fsp3) is 0.364. The standard InChI is InChI=1S/C22H26N2O8S/c1-6-31-20(25)19(21(26)32-22(3,4)5)17-12-11-16(24(27)28)13-18(17)33(29,30)23-15-9-7-14(2)8-10-15/h7-13,19,23H,6H2,1-5H3. The normalized spacial score (nSPS) is 12.5. The smallest absolute Gasteiger partial charge is 0.325 e. The zero-order valence-corrected chi connectivity index (χ0v) is 19.8. The first-order valence-electron chi connectivity index (χ1n) is 10.0. The molecule has 0 saturated carbocycles.